The molecule has 0 aromatic carbocycles. The molecule has 64 valence electrons. The van der Waals surface area contributed by atoms with E-state index in [1.165, 1.54) is 12.1 Å². The molecule has 0 saturated heterocycles. The SMILES string of the molecule is CC(C=O)c1ccc([N+](=O)[O-])o1. The van der Waals surface area contributed by atoms with Crippen LogP contribution in [0.4, 0.5) is 5.88 Å². The van der Waals surface area contributed by atoms with E-state index in [0.717, 1.165) is 0 Å². The summed E-state index contributed by atoms with van der Waals surface area (Å²) in [5, 5.41) is 10.1. The monoisotopic (exact) mass is 169 g/mol. The molecule has 1 heterocycles. The highest BCUT2D eigenvalue weighted by Crippen LogP contribution is 2.21. The largest absolute Gasteiger partial charge is 0.433 e. The molecule has 0 radical (unpaired) electrons. The maximum Gasteiger partial charge on any atom is 0.433 e. The van der Waals surface area contributed by atoms with Gasteiger partial charge in [0.1, 0.15) is 17.0 Å². The second-order valence-corrected chi connectivity index (χ2v) is 2.36. The summed E-state index contributed by atoms with van der Waals surface area (Å²) in [7, 11) is 0. The molecule has 0 spiro atoms. The van der Waals surface area contributed by atoms with E-state index in [9.17, 15) is 14.9 Å². The van der Waals surface area contributed by atoms with E-state index in [1.807, 2.05) is 0 Å². The number of nitrogens with zero attached hydrogens (tertiary/aromatic N) is 1. The number of carbonyl (C=O) groups is 1. The van der Waals surface area contributed by atoms with Crippen molar-refractivity contribution in [2.75, 3.05) is 0 Å². The lowest BCUT2D eigenvalue weighted by atomic mass is 10.1. The van der Waals surface area contributed by atoms with Crippen LogP contribution in [-0.2, 0) is 4.79 Å². The lowest BCUT2D eigenvalue weighted by Crippen LogP contribution is -1.90. The van der Waals surface area contributed by atoms with Crippen molar-refractivity contribution in [3.63, 3.8) is 0 Å². The Balaban J connectivity index is 2.91. The van der Waals surface area contributed by atoms with Crippen molar-refractivity contribution < 1.29 is 14.1 Å². The van der Waals surface area contributed by atoms with E-state index >= 15 is 0 Å². The van der Waals surface area contributed by atoms with E-state index < -0.39 is 10.8 Å². The standard InChI is InChI=1S/C7H7NO4/c1-5(4-9)6-2-3-7(12-6)8(10)11/h2-5H,1H3. The summed E-state index contributed by atoms with van der Waals surface area (Å²) in [4.78, 5) is 19.8. The zero-order valence-corrected chi connectivity index (χ0v) is 6.39. The zero-order chi connectivity index (χ0) is 9.14. The van der Waals surface area contributed by atoms with E-state index in [2.05, 4.69) is 0 Å². The third-order valence-corrected chi connectivity index (χ3v) is 1.45. The number of furan rings is 1. The molecule has 1 aromatic rings. The molecule has 0 aliphatic heterocycles. The van der Waals surface area contributed by atoms with Gasteiger partial charge < -0.3 is 9.21 Å². The zero-order valence-electron chi connectivity index (χ0n) is 6.39. The molecular formula is C7H7NO4. The molecule has 1 aromatic heterocycles. The maximum atomic E-state index is 10.3. The lowest BCUT2D eigenvalue weighted by Gasteiger charge is -1.94. The summed E-state index contributed by atoms with van der Waals surface area (Å²) in [6.45, 7) is 1.61. The fourth-order valence-corrected chi connectivity index (χ4v) is 0.752. The van der Waals surface area contributed by atoms with Crippen LogP contribution in [0.25, 0.3) is 0 Å². The number of carbonyl (C=O) groups excluding carboxylic acids is 1. The first-order chi connectivity index (χ1) is 5.65. The molecule has 12 heavy (non-hydrogen) atoms. The van der Waals surface area contributed by atoms with Crippen LogP contribution in [0.1, 0.15) is 18.6 Å². The number of hydrogen-bond donors (Lipinski definition) is 0. The second-order valence-electron chi connectivity index (χ2n) is 2.36. The van der Waals surface area contributed by atoms with Crippen LogP contribution in [0.5, 0.6) is 0 Å². The Morgan fingerprint density at radius 2 is 2.33 bits per heavy atom. The van der Waals surface area contributed by atoms with Crippen molar-refractivity contribution in [3.05, 3.63) is 28.0 Å². The van der Waals surface area contributed by atoms with Gasteiger partial charge in [0.05, 0.1) is 12.0 Å². The fourth-order valence-electron chi connectivity index (χ4n) is 0.752. The van der Waals surface area contributed by atoms with Crippen molar-refractivity contribution in [3.8, 4) is 0 Å². The molecular weight excluding hydrogens is 162 g/mol. The molecule has 0 saturated carbocycles. The highest BCUT2D eigenvalue weighted by molar-refractivity contribution is 5.59. The van der Waals surface area contributed by atoms with Crippen LogP contribution in [0, 0.1) is 10.1 Å². The van der Waals surface area contributed by atoms with Crippen LogP contribution in [0.3, 0.4) is 0 Å². The Hall–Kier alpha value is -1.65. The van der Waals surface area contributed by atoms with Crippen LogP contribution in [-0.4, -0.2) is 11.2 Å². The van der Waals surface area contributed by atoms with Gasteiger partial charge >= 0.3 is 5.88 Å². The molecule has 1 unspecified atom stereocenters. The van der Waals surface area contributed by atoms with Crippen LogP contribution in [0.2, 0.25) is 0 Å². The number of rotatable bonds is 3. The van der Waals surface area contributed by atoms with Crippen LogP contribution >= 0.6 is 0 Å². The Kier molecular flexibility index (Phi) is 2.23. The van der Waals surface area contributed by atoms with Gasteiger partial charge in [-0.15, -0.1) is 0 Å². The highest BCUT2D eigenvalue weighted by Gasteiger charge is 2.15. The van der Waals surface area contributed by atoms with Crippen molar-refractivity contribution in [1.82, 2.24) is 0 Å². The average molecular weight is 169 g/mol. The molecule has 5 nitrogen and oxygen atoms in total. The Morgan fingerprint density at radius 1 is 1.67 bits per heavy atom. The van der Waals surface area contributed by atoms with Gasteiger partial charge in [-0.05, 0) is 13.0 Å². The topological polar surface area (TPSA) is 73.3 Å². The van der Waals surface area contributed by atoms with Gasteiger partial charge in [-0.1, -0.05) is 0 Å². The van der Waals surface area contributed by atoms with Gasteiger partial charge in [0.15, 0.2) is 0 Å². The predicted molar refractivity (Wildman–Crippen MR) is 39.8 cm³/mol. The third kappa shape index (κ3) is 1.50. The van der Waals surface area contributed by atoms with Gasteiger partial charge in [0.25, 0.3) is 0 Å². The normalized spacial score (nSPS) is 12.4. The molecule has 0 fully saturated rings. The smallest absolute Gasteiger partial charge is 0.405 e. The second kappa shape index (κ2) is 3.17. The van der Waals surface area contributed by atoms with E-state index in [1.54, 1.807) is 6.92 Å². The minimum absolute atomic E-state index is 0.316. The Morgan fingerprint density at radius 3 is 2.75 bits per heavy atom. The molecule has 0 N–H and O–H groups in total. The van der Waals surface area contributed by atoms with Gasteiger partial charge in [-0.25, -0.2) is 0 Å². The minimum Gasteiger partial charge on any atom is -0.405 e. The van der Waals surface area contributed by atoms with Crippen molar-refractivity contribution >= 4 is 12.2 Å². The van der Waals surface area contributed by atoms with Gasteiger partial charge in [-0.3, -0.25) is 10.1 Å². The Labute approximate surface area is 68.1 Å². The van der Waals surface area contributed by atoms with Gasteiger partial charge in [0.2, 0.25) is 0 Å². The Bertz CT molecular complexity index is 304. The molecule has 0 aliphatic carbocycles. The highest BCUT2D eigenvalue weighted by atomic mass is 16.6. The molecule has 0 bridgehead atoms. The maximum absolute atomic E-state index is 10.3. The molecule has 1 atom stereocenters. The summed E-state index contributed by atoms with van der Waals surface area (Å²) >= 11 is 0. The third-order valence-electron chi connectivity index (χ3n) is 1.45. The van der Waals surface area contributed by atoms with Gasteiger partial charge in [0, 0.05) is 0 Å². The number of hydrogen-bond acceptors (Lipinski definition) is 4. The van der Waals surface area contributed by atoms with Crippen molar-refractivity contribution in [1.29, 1.82) is 0 Å². The fraction of sp³-hybridized carbons (Fsp3) is 0.286. The predicted octanol–water partition coefficient (Wildman–Crippen LogP) is 1.49. The first kappa shape index (κ1) is 8.45. The summed E-state index contributed by atoms with van der Waals surface area (Å²) in [6, 6.07) is 2.66. The summed E-state index contributed by atoms with van der Waals surface area (Å²) < 4.78 is 4.77. The molecule has 0 aliphatic rings. The molecule has 5 heteroatoms. The first-order valence-electron chi connectivity index (χ1n) is 3.34. The number of aldehydes is 1. The van der Waals surface area contributed by atoms with Crippen molar-refractivity contribution in [2.45, 2.75) is 12.8 Å². The van der Waals surface area contributed by atoms with E-state index in [-0.39, 0.29) is 5.88 Å². The summed E-state index contributed by atoms with van der Waals surface area (Å²) in [6.07, 6.45) is 0.669. The summed E-state index contributed by atoms with van der Waals surface area (Å²) in [5.74, 6) is -0.450. The van der Waals surface area contributed by atoms with Crippen LogP contribution < -0.4 is 0 Å². The molecule has 0 amide bonds. The lowest BCUT2D eigenvalue weighted by molar-refractivity contribution is -0.402. The quantitative estimate of drug-likeness (QED) is 0.390. The minimum atomic E-state index is -0.638. The van der Waals surface area contributed by atoms with Crippen molar-refractivity contribution in [2.24, 2.45) is 0 Å². The van der Waals surface area contributed by atoms with E-state index in [4.69, 9.17) is 4.42 Å². The average Bonchev–Trinajstić information content (AvgIpc) is 2.51. The van der Waals surface area contributed by atoms with E-state index in [0.29, 0.717) is 12.0 Å². The van der Waals surface area contributed by atoms with Crippen LogP contribution in [0.15, 0.2) is 16.5 Å². The van der Waals surface area contributed by atoms with Gasteiger partial charge in [-0.2, -0.15) is 0 Å². The first-order valence-corrected chi connectivity index (χ1v) is 3.34. The molecule has 1 rings (SSSR count). The summed E-state index contributed by atoms with van der Waals surface area (Å²) in [5.41, 5.74) is 0. The number of nitro groups is 1.